The van der Waals surface area contributed by atoms with Gasteiger partial charge in [0.05, 0.1) is 13.2 Å². The van der Waals surface area contributed by atoms with Crippen LogP contribution >= 0.6 is 7.82 Å². The van der Waals surface area contributed by atoms with E-state index in [1.165, 1.54) is 89.9 Å². The van der Waals surface area contributed by atoms with E-state index >= 15 is 0 Å². The van der Waals surface area contributed by atoms with Gasteiger partial charge in [0.2, 0.25) is 0 Å². The van der Waals surface area contributed by atoms with Crippen molar-refractivity contribution in [2.45, 2.75) is 200 Å². The monoisotopic (exact) mass is 796 g/mol. The Morgan fingerprint density at radius 3 is 1.51 bits per heavy atom. The average molecular weight is 796 g/mol. The molecule has 9 nitrogen and oxygen atoms in total. The first kappa shape index (κ1) is 53.0. The lowest BCUT2D eigenvalue weighted by atomic mass is 10.1. The van der Waals surface area contributed by atoms with Crippen molar-refractivity contribution in [3.63, 3.8) is 0 Å². The molecule has 0 amide bonds. The van der Waals surface area contributed by atoms with Crippen LogP contribution < -0.4 is 5.73 Å². The van der Waals surface area contributed by atoms with Crippen LogP contribution in [0.15, 0.2) is 48.6 Å². The minimum Gasteiger partial charge on any atom is -0.462 e. The van der Waals surface area contributed by atoms with Gasteiger partial charge in [0.1, 0.15) is 6.61 Å². The number of rotatable bonds is 41. The summed E-state index contributed by atoms with van der Waals surface area (Å²) in [6.07, 6.45) is 47.1. The van der Waals surface area contributed by atoms with Gasteiger partial charge in [-0.05, 0) is 70.6 Å². The summed E-state index contributed by atoms with van der Waals surface area (Å²) in [4.78, 5) is 34.9. The van der Waals surface area contributed by atoms with Crippen molar-refractivity contribution in [3.05, 3.63) is 48.6 Å². The molecule has 0 saturated heterocycles. The third-order valence-electron chi connectivity index (χ3n) is 9.20. The zero-order chi connectivity index (χ0) is 40.3. The molecule has 2 atom stereocenters. The highest BCUT2D eigenvalue weighted by atomic mass is 31.2. The third kappa shape index (κ3) is 41.4. The average Bonchev–Trinajstić information content (AvgIpc) is 3.17. The summed E-state index contributed by atoms with van der Waals surface area (Å²) in [7, 11) is -4.38. The van der Waals surface area contributed by atoms with E-state index in [0.717, 1.165) is 70.6 Å². The quantitative estimate of drug-likeness (QED) is 0.0268. The van der Waals surface area contributed by atoms with Crippen LogP contribution in [0.3, 0.4) is 0 Å². The second-order valence-electron chi connectivity index (χ2n) is 14.5. The molecule has 0 saturated carbocycles. The van der Waals surface area contributed by atoms with E-state index in [2.05, 4.69) is 62.5 Å². The summed E-state index contributed by atoms with van der Waals surface area (Å²) in [5, 5.41) is 0. The number of nitrogens with two attached hydrogens (primary N) is 1. The number of phosphoric acid groups is 1. The van der Waals surface area contributed by atoms with E-state index < -0.39 is 26.5 Å². The van der Waals surface area contributed by atoms with Crippen LogP contribution in [0.4, 0.5) is 0 Å². The van der Waals surface area contributed by atoms with E-state index in [4.69, 9.17) is 24.3 Å². The summed E-state index contributed by atoms with van der Waals surface area (Å²) >= 11 is 0. The lowest BCUT2D eigenvalue weighted by molar-refractivity contribution is -0.161. The highest BCUT2D eigenvalue weighted by molar-refractivity contribution is 7.47. The number of phosphoric ester groups is 1. The fourth-order valence-electron chi connectivity index (χ4n) is 5.94. The standard InChI is InChI=1S/C45H82NO8P/c1-3-5-7-9-11-13-15-17-19-20-21-22-24-25-27-29-31-33-35-37-44(47)51-41-43(42-53-55(49,50)52-40-39-46)54-45(48)38-36-34-32-30-28-26-23-18-16-14-12-10-8-6-4-2/h6,8,12,14,17-19,23,43H,3-5,7,9-11,13,15-16,20-22,24-42,46H2,1-2H3,(H,49,50)/b8-6-,14-12-,19-17-,23-18-. The molecule has 0 bridgehead atoms. The minimum absolute atomic E-state index is 0.0488. The molecule has 0 aromatic carbocycles. The third-order valence-corrected chi connectivity index (χ3v) is 10.2. The van der Waals surface area contributed by atoms with Crippen molar-refractivity contribution in [1.82, 2.24) is 0 Å². The van der Waals surface area contributed by atoms with Crippen LogP contribution in [0.25, 0.3) is 0 Å². The summed E-state index contributed by atoms with van der Waals surface area (Å²) in [5.41, 5.74) is 5.35. The smallest absolute Gasteiger partial charge is 0.462 e. The van der Waals surface area contributed by atoms with Crippen molar-refractivity contribution in [1.29, 1.82) is 0 Å². The molecule has 0 aromatic heterocycles. The van der Waals surface area contributed by atoms with Gasteiger partial charge in [-0.15, -0.1) is 0 Å². The second-order valence-corrected chi connectivity index (χ2v) is 16.0. The number of carbonyl (C=O) groups is 2. The highest BCUT2D eigenvalue weighted by Crippen LogP contribution is 2.43. The van der Waals surface area contributed by atoms with E-state index in [-0.39, 0.29) is 38.6 Å². The highest BCUT2D eigenvalue weighted by Gasteiger charge is 2.26. The first-order valence-electron chi connectivity index (χ1n) is 22.1. The fraction of sp³-hybridized carbons (Fsp3) is 0.778. The van der Waals surface area contributed by atoms with Gasteiger partial charge in [-0.25, -0.2) is 4.57 Å². The molecule has 0 aliphatic rings. The number of allylic oxidation sites excluding steroid dienone is 8. The molecule has 3 N–H and O–H groups in total. The maximum absolute atomic E-state index is 12.6. The number of carbonyl (C=O) groups excluding carboxylic acids is 2. The molecular weight excluding hydrogens is 713 g/mol. The lowest BCUT2D eigenvalue weighted by Gasteiger charge is -2.19. The van der Waals surface area contributed by atoms with E-state index in [1.807, 2.05) is 0 Å². The Bertz CT molecular complexity index is 1040. The molecule has 0 spiro atoms. The van der Waals surface area contributed by atoms with Crippen molar-refractivity contribution in [3.8, 4) is 0 Å². The van der Waals surface area contributed by atoms with Gasteiger partial charge in [0, 0.05) is 19.4 Å². The summed E-state index contributed by atoms with van der Waals surface area (Å²) in [6.45, 7) is 3.60. The van der Waals surface area contributed by atoms with Gasteiger partial charge in [-0.1, -0.05) is 159 Å². The summed E-state index contributed by atoms with van der Waals surface area (Å²) in [6, 6.07) is 0. The molecule has 10 heteroatoms. The molecule has 0 aliphatic carbocycles. The molecule has 2 unspecified atom stereocenters. The number of hydrogen-bond acceptors (Lipinski definition) is 8. The molecule has 0 rings (SSSR count). The Morgan fingerprint density at radius 1 is 0.564 bits per heavy atom. The van der Waals surface area contributed by atoms with Gasteiger partial charge >= 0.3 is 19.8 Å². The lowest BCUT2D eigenvalue weighted by Crippen LogP contribution is -2.29. The molecular formula is C45H82NO8P. The molecule has 0 aromatic rings. The van der Waals surface area contributed by atoms with Crippen molar-refractivity contribution in [2.24, 2.45) is 5.73 Å². The van der Waals surface area contributed by atoms with Gasteiger partial charge in [0.25, 0.3) is 0 Å². The van der Waals surface area contributed by atoms with Crippen molar-refractivity contribution in [2.75, 3.05) is 26.4 Å². The molecule has 55 heavy (non-hydrogen) atoms. The maximum Gasteiger partial charge on any atom is 0.472 e. The van der Waals surface area contributed by atoms with Crippen molar-refractivity contribution >= 4 is 19.8 Å². The van der Waals surface area contributed by atoms with Gasteiger partial charge in [-0.2, -0.15) is 0 Å². The molecule has 0 fully saturated rings. The van der Waals surface area contributed by atoms with Gasteiger partial charge in [-0.3, -0.25) is 18.6 Å². The van der Waals surface area contributed by atoms with Crippen LogP contribution in [-0.2, 0) is 32.7 Å². The molecule has 0 radical (unpaired) electrons. The van der Waals surface area contributed by atoms with Crippen LogP contribution in [0, 0.1) is 0 Å². The van der Waals surface area contributed by atoms with E-state index in [9.17, 15) is 19.0 Å². The zero-order valence-electron chi connectivity index (χ0n) is 35.2. The minimum atomic E-state index is -4.38. The second kappa shape index (κ2) is 41.6. The van der Waals surface area contributed by atoms with Gasteiger partial charge < -0.3 is 20.1 Å². The maximum atomic E-state index is 12.6. The summed E-state index contributed by atoms with van der Waals surface area (Å²) < 4.78 is 32.8. The molecule has 320 valence electrons. The van der Waals surface area contributed by atoms with E-state index in [1.54, 1.807) is 0 Å². The normalized spacial score (nSPS) is 13.7. The van der Waals surface area contributed by atoms with Crippen LogP contribution in [0.1, 0.15) is 194 Å². The summed E-state index contributed by atoms with van der Waals surface area (Å²) in [5.74, 6) is -0.850. The number of esters is 2. The Kier molecular flexibility index (Phi) is 40.1. The van der Waals surface area contributed by atoms with Crippen LogP contribution in [0.5, 0.6) is 0 Å². The molecule has 0 heterocycles. The number of hydrogen-bond donors (Lipinski definition) is 2. The molecule has 0 aliphatic heterocycles. The van der Waals surface area contributed by atoms with Crippen molar-refractivity contribution < 1.29 is 37.6 Å². The zero-order valence-corrected chi connectivity index (χ0v) is 36.0. The number of ether oxygens (including phenoxy) is 2. The Hall–Kier alpha value is -2.03. The first-order valence-corrected chi connectivity index (χ1v) is 23.6. The van der Waals surface area contributed by atoms with Crippen LogP contribution in [0.2, 0.25) is 0 Å². The number of unbranched alkanes of at least 4 members (excludes halogenated alkanes) is 20. The Morgan fingerprint density at radius 2 is 1.00 bits per heavy atom. The van der Waals surface area contributed by atoms with Gasteiger partial charge in [0.15, 0.2) is 6.10 Å². The predicted octanol–water partition coefficient (Wildman–Crippen LogP) is 12.7. The predicted molar refractivity (Wildman–Crippen MR) is 229 cm³/mol. The SMILES string of the molecule is CC/C=C\C/C=C\C/C=C\CCCCCCCC(=O)OC(COC(=O)CCCCCCCCCCC/C=C\CCCCCCCC)COP(=O)(O)OCCN. The Balaban J connectivity index is 4.14. The topological polar surface area (TPSA) is 134 Å². The largest absolute Gasteiger partial charge is 0.472 e. The Labute approximate surface area is 336 Å². The van der Waals surface area contributed by atoms with E-state index in [0.29, 0.717) is 6.42 Å². The fourth-order valence-corrected chi connectivity index (χ4v) is 6.70. The van der Waals surface area contributed by atoms with Crippen LogP contribution in [-0.4, -0.2) is 49.3 Å². The first-order chi connectivity index (χ1) is 26.8.